The van der Waals surface area contributed by atoms with Gasteiger partial charge in [-0.15, -0.1) is 0 Å². The van der Waals surface area contributed by atoms with E-state index in [0.717, 1.165) is 22.5 Å². The molecular formula is C16H16N4. The number of nitrogens with zero attached hydrogens (tertiary/aromatic N) is 2. The van der Waals surface area contributed by atoms with Gasteiger partial charge >= 0.3 is 0 Å². The second-order valence-electron chi connectivity index (χ2n) is 4.87. The van der Waals surface area contributed by atoms with Crippen LogP contribution in [0, 0.1) is 13.8 Å². The fraction of sp³-hybridized carbons (Fsp3) is 0.125. The standard InChI is InChI=1S/C16H16N4/c1-10-6-7-12(9-11(10)2)14-15(19-20-16(14)17)13-5-3-4-8-18-13/h3-9H,1-2H3,(H3,17,19,20). The van der Waals surface area contributed by atoms with E-state index in [0.29, 0.717) is 5.82 Å². The lowest BCUT2D eigenvalue weighted by Gasteiger charge is -2.07. The number of aromatic amines is 1. The summed E-state index contributed by atoms with van der Waals surface area (Å²) < 4.78 is 0. The maximum Gasteiger partial charge on any atom is 0.153 e. The van der Waals surface area contributed by atoms with Crippen LogP contribution >= 0.6 is 0 Å². The average Bonchev–Trinajstić information content (AvgIpc) is 2.85. The first-order chi connectivity index (χ1) is 9.66. The molecule has 2 aromatic heterocycles. The van der Waals surface area contributed by atoms with Crippen LogP contribution in [-0.2, 0) is 0 Å². The third-order valence-corrected chi connectivity index (χ3v) is 3.51. The highest BCUT2D eigenvalue weighted by molar-refractivity contribution is 5.86. The average molecular weight is 264 g/mol. The molecule has 3 rings (SSSR count). The van der Waals surface area contributed by atoms with Crippen LogP contribution in [0.4, 0.5) is 5.82 Å². The molecule has 4 heteroatoms. The van der Waals surface area contributed by atoms with Crippen molar-refractivity contribution >= 4 is 5.82 Å². The first-order valence-corrected chi connectivity index (χ1v) is 6.49. The largest absolute Gasteiger partial charge is 0.382 e. The molecule has 0 saturated heterocycles. The minimum absolute atomic E-state index is 0.494. The maximum absolute atomic E-state index is 6.03. The van der Waals surface area contributed by atoms with Crippen molar-refractivity contribution < 1.29 is 0 Å². The fourth-order valence-corrected chi connectivity index (χ4v) is 2.24. The van der Waals surface area contributed by atoms with Crippen LogP contribution < -0.4 is 5.73 Å². The van der Waals surface area contributed by atoms with Gasteiger partial charge in [-0.1, -0.05) is 24.3 Å². The molecule has 100 valence electrons. The lowest BCUT2D eigenvalue weighted by Crippen LogP contribution is -1.91. The Kier molecular flexibility index (Phi) is 2.99. The zero-order chi connectivity index (χ0) is 14.1. The van der Waals surface area contributed by atoms with E-state index >= 15 is 0 Å². The summed E-state index contributed by atoms with van der Waals surface area (Å²) in [6.45, 7) is 4.19. The Labute approximate surface area is 117 Å². The molecule has 0 fully saturated rings. The quantitative estimate of drug-likeness (QED) is 0.746. The molecule has 0 spiro atoms. The first kappa shape index (κ1) is 12.4. The Balaban J connectivity index is 2.19. The molecule has 0 amide bonds. The lowest BCUT2D eigenvalue weighted by molar-refractivity contribution is 1.09. The summed E-state index contributed by atoms with van der Waals surface area (Å²) in [7, 11) is 0. The predicted octanol–water partition coefficient (Wildman–Crippen LogP) is 3.34. The number of anilines is 1. The Bertz CT molecular complexity index is 744. The molecule has 0 unspecified atom stereocenters. The van der Waals surface area contributed by atoms with Crippen LogP contribution in [0.2, 0.25) is 0 Å². The third kappa shape index (κ3) is 2.05. The molecule has 0 bridgehead atoms. The summed E-state index contributed by atoms with van der Waals surface area (Å²) in [5.74, 6) is 0.494. The van der Waals surface area contributed by atoms with E-state index in [1.807, 2.05) is 18.2 Å². The topological polar surface area (TPSA) is 67.6 Å². The zero-order valence-corrected chi connectivity index (χ0v) is 11.5. The van der Waals surface area contributed by atoms with Gasteiger partial charge in [0.1, 0.15) is 0 Å². The third-order valence-electron chi connectivity index (χ3n) is 3.51. The van der Waals surface area contributed by atoms with Gasteiger partial charge in [-0.05, 0) is 42.7 Å². The van der Waals surface area contributed by atoms with Crippen LogP contribution in [0.3, 0.4) is 0 Å². The van der Waals surface area contributed by atoms with Gasteiger partial charge in [0, 0.05) is 6.20 Å². The molecular weight excluding hydrogens is 248 g/mol. The van der Waals surface area contributed by atoms with Crippen molar-refractivity contribution in [2.45, 2.75) is 13.8 Å². The van der Waals surface area contributed by atoms with Crippen molar-refractivity contribution in [2.75, 3.05) is 5.73 Å². The molecule has 0 aliphatic rings. The van der Waals surface area contributed by atoms with E-state index in [4.69, 9.17) is 5.73 Å². The van der Waals surface area contributed by atoms with E-state index < -0.39 is 0 Å². The highest BCUT2D eigenvalue weighted by Crippen LogP contribution is 2.34. The molecule has 0 radical (unpaired) electrons. The number of pyridine rings is 1. The molecule has 0 aliphatic heterocycles. The van der Waals surface area contributed by atoms with E-state index in [-0.39, 0.29) is 0 Å². The van der Waals surface area contributed by atoms with Crippen molar-refractivity contribution in [3.63, 3.8) is 0 Å². The van der Waals surface area contributed by atoms with Crippen molar-refractivity contribution in [1.82, 2.24) is 15.2 Å². The smallest absolute Gasteiger partial charge is 0.153 e. The van der Waals surface area contributed by atoms with Crippen LogP contribution in [0.25, 0.3) is 22.5 Å². The molecule has 2 heterocycles. The van der Waals surface area contributed by atoms with Crippen molar-refractivity contribution in [3.05, 3.63) is 53.7 Å². The van der Waals surface area contributed by atoms with E-state index in [9.17, 15) is 0 Å². The number of benzene rings is 1. The summed E-state index contributed by atoms with van der Waals surface area (Å²) in [6.07, 6.45) is 1.76. The van der Waals surface area contributed by atoms with Crippen molar-refractivity contribution in [2.24, 2.45) is 0 Å². The Hall–Kier alpha value is -2.62. The van der Waals surface area contributed by atoms with Crippen LogP contribution in [0.1, 0.15) is 11.1 Å². The Morgan fingerprint density at radius 3 is 2.60 bits per heavy atom. The highest BCUT2D eigenvalue weighted by atomic mass is 15.2. The van der Waals surface area contributed by atoms with Crippen LogP contribution in [0.15, 0.2) is 42.6 Å². The maximum atomic E-state index is 6.03. The summed E-state index contributed by atoms with van der Waals surface area (Å²) in [5, 5.41) is 7.12. The normalized spacial score (nSPS) is 10.7. The molecule has 20 heavy (non-hydrogen) atoms. The number of H-pyrrole nitrogens is 1. The number of aryl methyl sites for hydroxylation is 2. The fourth-order valence-electron chi connectivity index (χ4n) is 2.24. The van der Waals surface area contributed by atoms with Gasteiger partial charge in [0.15, 0.2) is 5.82 Å². The van der Waals surface area contributed by atoms with Crippen LogP contribution in [-0.4, -0.2) is 15.2 Å². The number of nitrogens with two attached hydrogens (primary N) is 1. The second kappa shape index (κ2) is 4.81. The molecule has 0 aliphatic carbocycles. The monoisotopic (exact) mass is 264 g/mol. The SMILES string of the molecule is Cc1ccc(-c2c(N)n[nH]c2-c2ccccn2)cc1C. The van der Waals surface area contributed by atoms with Gasteiger partial charge in [0.05, 0.1) is 17.0 Å². The number of aromatic nitrogens is 3. The second-order valence-corrected chi connectivity index (χ2v) is 4.87. The van der Waals surface area contributed by atoms with Crippen molar-refractivity contribution in [1.29, 1.82) is 0 Å². The minimum Gasteiger partial charge on any atom is -0.382 e. The number of hydrogen-bond acceptors (Lipinski definition) is 3. The number of rotatable bonds is 2. The van der Waals surface area contributed by atoms with Crippen LogP contribution in [0.5, 0.6) is 0 Å². The molecule has 0 saturated carbocycles. The van der Waals surface area contributed by atoms with Gasteiger partial charge in [0.2, 0.25) is 0 Å². The van der Waals surface area contributed by atoms with E-state index in [2.05, 4.69) is 47.2 Å². The Morgan fingerprint density at radius 2 is 1.90 bits per heavy atom. The predicted molar refractivity (Wildman–Crippen MR) is 81.1 cm³/mol. The summed E-state index contributed by atoms with van der Waals surface area (Å²) >= 11 is 0. The van der Waals surface area contributed by atoms with Gasteiger partial charge in [-0.3, -0.25) is 10.1 Å². The van der Waals surface area contributed by atoms with Gasteiger partial charge in [0.25, 0.3) is 0 Å². The minimum atomic E-state index is 0.494. The summed E-state index contributed by atoms with van der Waals surface area (Å²) in [5.41, 5.74) is 12.2. The number of nitrogen functional groups attached to an aromatic ring is 1. The zero-order valence-electron chi connectivity index (χ0n) is 11.5. The molecule has 0 atom stereocenters. The van der Waals surface area contributed by atoms with Gasteiger partial charge in [-0.25, -0.2) is 0 Å². The molecule has 4 nitrogen and oxygen atoms in total. The molecule has 3 N–H and O–H groups in total. The highest BCUT2D eigenvalue weighted by Gasteiger charge is 2.15. The van der Waals surface area contributed by atoms with E-state index in [1.54, 1.807) is 6.20 Å². The van der Waals surface area contributed by atoms with E-state index in [1.165, 1.54) is 11.1 Å². The van der Waals surface area contributed by atoms with Gasteiger partial charge in [-0.2, -0.15) is 5.10 Å². The van der Waals surface area contributed by atoms with Crippen molar-refractivity contribution in [3.8, 4) is 22.5 Å². The molecule has 1 aromatic carbocycles. The first-order valence-electron chi connectivity index (χ1n) is 6.49. The molecule has 3 aromatic rings. The number of hydrogen-bond donors (Lipinski definition) is 2. The lowest BCUT2D eigenvalue weighted by atomic mass is 9.99. The number of nitrogens with one attached hydrogen (secondary N) is 1. The Morgan fingerprint density at radius 1 is 1.05 bits per heavy atom. The summed E-state index contributed by atoms with van der Waals surface area (Å²) in [6, 6.07) is 12.1. The van der Waals surface area contributed by atoms with Gasteiger partial charge < -0.3 is 5.73 Å². The summed E-state index contributed by atoms with van der Waals surface area (Å²) in [4.78, 5) is 4.36.